The Labute approximate surface area is 115 Å². The Bertz CT molecular complexity index is 561. The van der Waals surface area contributed by atoms with Crippen molar-refractivity contribution in [2.75, 3.05) is 10.6 Å². The molecule has 0 aliphatic carbocycles. The van der Waals surface area contributed by atoms with E-state index in [0.717, 1.165) is 16.8 Å². The van der Waals surface area contributed by atoms with E-state index in [9.17, 15) is 9.18 Å². The molecule has 0 aliphatic heterocycles. The molecule has 18 heavy (non-hydrogen) atoms. The number of carbonyl (C=O) groups excluding carboxylic acids is 1. The van der Waals surface area contributed by atoms with Gasteiger partial charge in [-0.1, -0.05) is 33.3 Å². The van der Waals surface area contributed by atoms with Gasteiger partial charge in [0.25, 0.3) is 5.91 Å². The quantitative estimate of drug-likeness (QED) is 0.877. The van der Waals surface area contributed by atoms with Crippen LogP contribution in [0.1, 0.15) is 15.4 Å². The molecule has 0 saturated heterocycles. The van der Waals surface area contributed by atoms with Gasteiger partial charge in [-0.25, -0.2) is 4.39 Å². The molecule has 1 heterocycles. The highest BCUT2D eigenvalue weighted by Gasteiger charge is 2.10. The molecule has 94 valence electrons. The summed E-state index contributed by atoms with van der Waals surface area (Å²) >= 11 is 4.61. The number of aromatic nitrogens is 2. The summed E-state index contributed by atoms with van der Waals surface area (Å²) < 4.78 is 13.0. The zero-order chi connectivity index (χ0) is 13.0. The molecule has 0 atom stereocenters. The van der Waals surface area contributed by atoms with Crippen LogP contribution in [0, 0.1) is 5.82 Å². The number of nitrogens with zero attached hydrogens (tertiary/aromatic N) is 2. The number of amides is 1. The van der Waals surface area contributed by atoms with Crippen LogP contribution in [0.4, 0.5) is 9.52 Å². The van der Waals surface area contributed by atoms with Crippen molar-refractivity contribution in [3.05, 3.63) is 40.7 Å². The zero-order valence-corrected chi connectivity index (χ0v) is 11.6. The molecule has 0 aliphatic rings. The molecule has 0 saturated carbocycles. The minimum absolute atomic E-state index is 0.257. The Kier molecular flexibility index (Phi) is 4.38. The number of nitrogens with one attached hydrogen (secondary N) is 1. The molecule has 1 N–H and O–H groups in total. The SMILES string of the molecule is O=C(Nc1nnc(CCBr)s1)c1cccc(F)c1. The van der Waals surface area contributed by atoms with Crippen LogP contribution in [0.5, 0.6) is 0 Å². The lowest BCUT2D eigenvalue weighted by molar-refractivity contribution is 0.102. The number of benzene rings is 1. The van der Waals surface area contributed by atoms with Gasteiger partial charge in [0.05, 0.1) is 0 Å². The van der Waals surface area contributed by atoms with Gasteiger partial charge in [0.2, 0.25) is 5.13 Å². The van der Waals surface area contributed by atoms with Crippen molar-refractivity contribution in [1.29, 1.82) is 0 Å². The third-order valence-corrected chi connectivity index (χ3v) is 3.38. The Hall–Kier alpha value is -1.34. The molecule has 7 heteroatoms. The molecule has 0 fully saturated rings. The van der Waals surface area contributed by atoms with Crippen LogP contribution in [0.25, 0.3) is 0 Å². The summed E-state index contributed by atoms with van der Waals surface area (Å²) in [6.07, 6.45) is 0.757. The first-order valence-corrected chi connectivity index (χ1v) is 7.08. The first-order valence-electron chi connectivity index (χ1n) is 5.14. The summed E-state index contributed by atoms with van der Waals surface area (Å²) in [7, 11) is 0. The summed E-state index contributed by atoms with van der Waals surface area (Å²) in [5.41, 5.74) is 0.257. The number of rotatable bonds is 4. The predicted molar refractivity (Wildman–Crippen MR) is 71.8 cm³/mol. The van der Waals surface area contributed by atoms with Crippen molar-refractivity contribution in [2.45, 2.75) is 6.42 Å². The molecule has 1 amide bonds. The van der Waals surface area contributed by atoms with Gasteiger partial charge in [0.15, 0.2) is 0 Å². The standard InChI is InChI=1S/C11H9BrFN3OS/c12-5-4-9-15-16-11(18-9)14-10(17)7-2-1-3-8(13)6-7/h1-3,6H,4-5H2,(H,14,16,17). The van der Waals surface area contributed by atoms with Crippen molar-refractivity contribution >= 4 is 38.3 Å². The number of halogens is 2. The number of aryl methyl sites for hydroxylation is 1. The third-order valence-electron chi connectivity index (χ3n) is 2.08. The van der Waals surface area contributed by atoms with Gasteiger partial charge < -0.3 is 0 Å². The van der Waals surface area contributed by atoms with E-state index in [1.807, 2.05) is 0 Å². The fourth-order valence-corrected chi connectivity index (χ4v) is 2.66. The molecular formula is C11H9BrFN3OS. The molecule has 1 aromatic carbocycles. The van der Waals surface area contributed by atoms with E-state index >= 15 is 0 Å². The molecule has 2 rings (SSSR count). The van der Waals surface area contributed by atoms with Crippen LogP contribution in [-0.4, -0.2) is 21.4 Å². The first-order chi connectivity index (χ1) is 8.69. The smallest absolute Gasteiger partial charge is 0.257 e. The molecule has 1 aromatic heterocycles. The van der Waals surface area contributed by atoms with E-state index < -0.39 is 11.7 Å². The lowest BCUT2D eigenvalue weighted by atomic mass is 10.2. The van der Waals surface area contributed by atoms with Crippen LogP contribution >= 0.6 is 27.3 Å². The topological polar surface area (TPSA) is 54.9 Å². The molecule has 4 nitrogen and oxygen atoms in total. The average Bonchev–Trinajstić information content (AvgIpc) is 2.77. The number of alkyl halides is 1. The molecule has 0 unspecified atom stereocenters. The number of hydrogen-bond acceptors (Lipinski definition) is 4. The summed E-state index contributed by atoms with van der Waals surface area (Å²) in [6.45, 7) is 0. The second-order valence-corrected chi connectivity index (χ2v) is 5.26. The minimum Gasteiger partial charge on any atom is -0.296 e. The highest BCUT2D eigenvalue weighted by Crippen LogP contribution is 2.17. The fraction of sp³-hybridized carbons (Fsp3) is 0.182. The largest absolute Gasteiger partial charge is 0.296 e. The molecule has 0 spiro atoms. The van der Waals surface area contributed by atoms with E-state index in [2.05, 4.69) is 31.4 Å². The number of hydrogen-bond donors (Lipinski definition) is 1. The molecule has 2 aromatic rings. The number of anilines is 1. The van der Waals surface area contributed by atoms with Crippen LogP contribution in [-0.2, 0) is 6.42 Å². The lowest BCUT2D eigenvalue weighted by Gasteiger charge is -2.00. The van der Waals surface area contributed by atoms with Crippen LogP contribution in [0.3, 0.4) is 0 Å². The van der Waals surface area contributed by atoms with Gasteiger partial charge in [-0.2, -0.15) is 0 Å². The average molecular weight is 330 g/mol. The second-order valence-electron chi connectivity index (χ2n) is 3.40. The summed E-state index contributed by atoms with van der Waals surface area (Å²) in [5, 5.41) is 12.4. The van der Waals surface area contributed by atoms with Gasteiger partial charge >= 0.3 is 0 Å². The van der Waals surface area contributed by atoms with E-state index in [4.69, 9.17) is 0 Å². The zero-order valence-electron chi connectivity index (χ0n) is 9.19. The summed E-state index contributed by atoms with van der Waals surface area (Å²) in [4.78, 5) is 11.8. The van der Waals surface area contributed by atoms with Crippen molar-refractivity contribution in [3.8, 4) is 0 Å². The van der Waals surface area contributed by atoms with Crippen molar-refractivity contribution in [1.82, 2.24) is 10.2 Å². The van der Waals surface area contributed by atoms with Crippen molar-refractivity contribution in [2.24, 2.45) is 0 Å². The third kappa shape index (κ3) is 3.33. The van der Waals surface area contributed by atoms with Gasteiger partial charge in [-0.3, -0.25) is 10.1 Å². The van der Waals surface area contributed by atoms with Gasteiger partial charge in [-0.05, 0) is 18.2 Å². The molecular weight excluding hydrogens is 321 g/mol. The summed E-state index contributed by atoms with van der Waals surface area (Å²) in [5.74, 6) is -0.837. The van der Waals surface area contributed by atoms with E-state index in [0.29, 0.717) is 5.13 Å². The number of carbonyl (C=O) groups is 1. The van der Waals surface area contributed by atoms with E-state index in [1.165, 1.54) is 29.5 Å². The normalized spacial score (nSPS) is 10.3. The Morgan fingerprint density at radius 2 is 2.28 bits per heavy atom. The minimum atomic E-state index is -0.445. The van der Waals surface area contributed by atoms with Crippen molar-refractivity contribution < 1.29 is 9.18 Å². The maximum absolute atomic E-state index is 13.0. The monoisotopic (exact) mass is 329 g/mol. The molecule has 0 bridgehead atoms. The summed E-state index contributed by atoms with van der Waals surface area (Å²) in [6, 6.07) is 5.49. The fourth-order valence-electron chi connectivity index (χ4n) is 1.28. The Morgan fingerprint density at radius 1 is 1.44 bits per heavy atom. The highest BCUT2D eigenvalue weighted by atomic mass is 79.9. The maximum atomic E-state index is 13.0. The maximum Gasteiger partial charge on any atom is 0.257 e. The highest BCUT2D eigenvalue weighted by molar-refractivity contribution is 9.09. The van der Waals surface area contributed by atoms with Gasteiger partial charge in [0, 0.05) is 17.3 Å². The van der Waals surface area contributed by atoms with Crippen LogP contribution in [0.2, 0.25) is 0 Å². The first kappa shape index (κ1) is 13.1. The Balaban J connectivity index is 2.06. The van der Waals surface area contributed by atoms with E-state index in [-0.39, 0.29) is 5.56 Å². The molecule has 0 radical (unpaired) electrons. The lowest BCUT2D eigenvalue weighted by Crippen LogP contribution is -2.11. The van der Waals surface area contributed by atoms with E-state index in [1.54, 1.807) is 6.07 Å². The van der Waals surface area contributed by atoms with Crippen LogP contribution < -0.4 is 5.32 Å². The predicted octanol–water partition coefficient (Wildman–Crippen LogP) is 2.87. The van der Waals surface area contributed by atoms with Crippen molar-refractivity contribution in [3.63, 3.8) is 0 Å². The second kappa shape index (κ2) is 6.01. The van der Waals surface area contributed by atoms with Gasteiger partial charge in [-0.15, -0.1) is 10.2 Å². The van der Waals surface area contributed by atoms with Crippen LogP contribution in [0.15, 0.2) is 24.3 Å². The Morgan fingerprint density at radius 3 is 3.00 bits per heavy atom. The van der Waals surface area contributed by atoms with Gasteiger partial charge in [0.1, 0.15) is 10.8 Å².